The maximum Gasteiger partial charge on any atom is 0.291 e. The van der Waals surface area contributed by atoms with E-state index in [9.17, 15) is 17.8 Å². The van der Waals surface area contributed by atoms with E-state index in [1.54, 1.807) is 37.3 Å². The molecule has 0 radical (unpaired) electrons. The zero-order chi connectivity index (χ0) is 24.8. The molecule has 3 saturated heterocycles. The van der Waals surface area contributed by atoms with Crippen LogP contribution < -0.4 is 5.32 Å². The zero-order valence-corrected chi connectivity index (χ0v) is 20.6. The Hall–Kier alpha value is -2.23. The monoisotopic (exact) mass is 493 g/mol. The Bertz CT molecular complexity index is 960. The molecule has 0 aliphatic carbocycles. The molecule has 6 nitrogen and oxygen atoms in total. The molecule has 0 aromatic heterocycles. The fraction of sp³-hybridized carbons (Fsp3) is 0.520. The molecule has 1 aromatic rings. The molecule has 0 atom stereocenters. The molecular formula is C25H33F2N3O3S. The first-order valence-corrected chi connectivity index (χ1v) is 13.0. The third-order valence-electron chi connectivity index (χ3n) is 6.45. The minimum atomic E-state index is -2.99. The Morgan fingerprint density at radius 3 is 2.32 bits per heavy atom. The van der Waals surface area contributed by atoms with Crippen molar-refractivity contribution in [3.8, 4) is 0 Å². The lowest BCUT2D eigenvalue weighted by Crippen LogP contribution is -2.58. The first-order valence-electron chi connectivity index (χ1n) is 11.5. The third-order valence-corrected chi connectivity index (χ3v) is 7.73. The average Bonchev–Trinajstić information content (AvgIpc) is 2.84. The minimum Gasteiger partial charge on any atom is -0.481 e. The molecule has 2 N–H and O–H groups in total. The number of carbonyl (C=O) groups is 1. The summed E-state index contributed by atoms with van der Waals surface area (Å²) in [6.45, 7) is 4.78. The Morgan fingerprint density at radius 2 is 1.79 bits per heavy atom. The summed E-state index contributed by atoms with van der Waals surface area (Å²) in [6.07, 6.45) is 3.92. The van der Waals surface area contributed by atoms with Crippen LogP contribution in [-0.2, 0) is 15.5 Å². The Labute approximate surface area is 202 Å². The van der Waals surface area contributed by atoms with Crippen LogP contribution in [-0.4, -0.2) is 77.4 Å². The van der Waals surface area contributed by atoms with Crippen molar-refractivity contribution >= 4 is 22.8 Å². The van der Waals surface area contributed by atoms with E-state index < -0.39 is 28.7 Å². The summed E-state index contributed by atoms with van der Waals surface area (Å²) in [5.41, 5.74) is 0.0296. The van der Waals surface area contributed by atoms with Gasteiger partial charge in [0.2, 0.25) is 0 Å². The number of nitrogens with zero attached hydrogens (tertiary/aromatic N) is 1. The molecule has 3 aliphatic heterocycles. The van der Waals surface area contributed by atoms with Crippen LogP contribution in [0.2, 0.25) is 0 Å². The van der Waals surface area contributed by atoms with Crippen LogP contribution in [0.25, 0.3) is 0 Å². The lowest BCUT2D eigenvalue weighted by molar-refractivity contribution is -0.214. The van der Waals surface area contributed by atoms with Crippen molar-refractivity contribution in [3.05, 3.63) is 58.9 Å². The van der Waals surface area contributed by atoms with E-state index >= 15 is 0 Å². The second-order valence-corrected chi connectivity index (χ2v) is 10.6. The van der Waals surface area contributed by atoms with Crippen LogP contribution in [0.15, 0.2) is 47.7 Å². The van der Waals surface area contributed by atoms with Crippen molar-refractivity contribution in [2.75, 3.05) is 44.7 Å². The maximum absolute atomic E-state index is 14.9. The van der Waals surface area contributed by atoms with Crippen LogP contribution in [0.4, 0.5) is 8.78 Å². The molecule has 0 amide bonds. The van der Waals surface area contributed by atoms with E-state index in [2.05, 4.69) is 17.3 Å². The molecule has 3 heterocycles. The molecule has 9 heteroatoms. The van der Waals surface area contributed by atoms with Gasteiger partial charge in [0.1, 0.15) is 12.0 Å². The molecule has 0 unspecified atom stereocenters. The van der Waals surface area contributed by atoms with Gasteiger partial charge in [0.15, 0.2) is 5.60 Å². The van der Waals surface area contributed by atoms with Crippen molar-refractivity contribution < 1.29 is 22.5 Å². The number of aldehydes is 1. The Morgan fingerprint density at radius 1 is 1.18 bits per heavy atom. The van der Waals surface area contributed by atoms with Gasteiger partial charge in [-0.1, -0.05) is 24.3 Å². The van der Waals surface area contributed by atoms with Crippen LogP contribution in [0.1, 0.15) is 42.1 Å². The lowest BCUT2D eigenvalue weighted by Gasteiger charge is -2.47. The van der Waals surface area contributed by atoms with Gasteiger partial charge in [0.25, 0.3) is 5.92 Å². The number of benzene rings is 1. The zero-order valence-electron chi connectivity index (χ0n) is 19.7. The molecule has 3 aliphatic rings. The van der Waals surface area contributed by atoms with E-state index in [-0.39, 0.29) is 18.6 Å². The molecule has 0 bridgehead atoms. The number of nitrogens with one attached hydrogen (secondary N) is 2. The van der Waals surface area contributed by atoms with Gasteiger partial charge in [-0.3, -0.25) is 9.00 Å². The van der Waals surface area contributed by atoms with Gasteiger partial charge in [0, 0.05) is 65.8 Å². The predicted molar refractivity (Wildman–Crippen MR) is 131 cm³/mol. The highest BCUT2D eigenvalue weighted by atomic mass is 32.2. The molecule has 0 saturated carbocycles. The van der Waals surface area contributed by atoms with Crippen molar-refractivity contribution in [1.82, 2.24) is 10.2 Å². The maximum atomic E-state index is 14.9. The van der Waals surface area contributed by atoms with E-state index in [0.717, 1.165) is 30.9 Å². The molecule has 186 valence electrons. The second-order valence-electron chi connectivity index (χ2n) is 8.85. The second kappa shape index (κ2) is 11.5. The van der Waals surface area contributed by atoms with Crippen LogP contribution >= 0.6 is 0 Å². The SMILES string of the molecule is C/C=C1/OC2(CCNCC2)C(F)(F)C/C1=C/C(=N)c1ccc(C=O)cc1.CN1CCS(=O)CC1. The fourth-order valence-corrected chi connectivity index (χ4v) is 5.47. The largest absolute Gasteiger partial charge is 0.481 e. The summed E-state index contributed by atoms with van der Waals surface area (Å²) in [7, 11) is 1.56. The van der Waals surface area contributed by atoms with E-state index in [0.29, 0.717) is 35.5 Å². The summed E-state index contributed by atoms with van der Waals surface area (Å²) in [5, 5.41) is 11.3. The summed E-state index contributed by atoms with van der Waals surface area (Å²) < 4.78 is 46.4. The molecule has 4 rings (SSSR count). The van der Waals surface area contributed by atoms with Gasteiger partial charge in [0.05, 0.1) is 5.71 Å². The normalized spacial score (nSPS) is 24.8. The molecule has 34 heavy (non-hydrogen) atoms. The first-order chi connectivity index (χ1) is 16.2. The number of hydrogen-bond donors (Lipinski definition) is 2. The van der Waals surface area contributed by atoms with Crippen LogP contribution in [0.3, 0.4) is 0 Å². The Balaban J connectivity index is 0.000000343. The number of halogens is 2. The summed E-state index contributed by atoms with van der Waals surface area (Å²) in [4.78, 5) is 12.9. The number of hydrogen-bond acceptors (Lipinski definition) is 6. The molecule has 3 fully saturated rings. The first kappa shape index (κ1) is 26.4. The summed E-state index contributed by atoms with van der Waals surface area (Å²) in [5.74, 6) is -0.825. The van der Waals surface area contributed by atoms with E-state index in [1.807, 2.05) is 0 Å². The number of allylic oxidation sites excluding steroid dienone is 3. The highest BCUT2D eigenvalue weighted by Crippen LogP contribution is 2.50. The standard InChI is InChI=1S/C20H22F2N2O2.C5H11NOS/c1-2-18-16(11-17(23)15-5-3-14(13-25)4-6-15)12-20(21,22)19(26-18)7-9-24-10-8-19;1-6-2-4-8(7)5-3-6/h2-6,11,13,23-24H,7-10,12H2,1H3;2-5H2,1H3/b16-11-,18-2+,23-17?;. The topological polar surface area (TPSA) is 82.5 Å². The smallest absolute Gasteiger partial charge is 0.291 e. The van der Waals surface area contributed by atoms with Crippen LogP contribution in [0, 0.1) is 5.41 Å². The van der Waals surface area contributed by atoms with Gasteiger partial charge in [-0.25, -0.2) is 8.78 Å². The number of ether oxygens (including phenoxy) is 1. The van der Waals surface area contributed by atoms with E-state index in [4.69, 9.17) is 10.1 Å². The van der Waals surface area contributed by atoms with Gasteiger partial charge in [-0.2, -0.15) is 0 Å². The molecule has 1 spiro atoms. The van der Waals surface area contributed by atoms with Gasteiger partial charge < -0.3 is 20.4 Å². The van der Waals surface area contributed by atoms with E-state index in [1.165, 1.54) is 6.08 Å². The number of alkyl halides is 2. The molecular weight excluding hydrogens is 460 g/mol. The van der Waals surface area contributed by atoms with Crippen LogP contribution in [0.5, 0.6) is 0 Å². The number of rotatable bonds is 3. The number of carbonyl (C=O) groups excluding carboxylic acids is 1. The third kappa shape index (κ3) is 6.25. The minimum absolute atomic E-state index is 0.109. The summed E-state index contributed by atoms with van der Waals surface area (Å²) in [6, 6.07) is 6.47. The van der Waals surface area contributed by atoms with Crippen molar-refractivity contribution in [2.24, 2.45) is 0 Å². The average molecular weight is 494 g/mol. The lowest BCUT2D eigenvalue weighted by atomic mass is 9.79. The van der Waals surface area contributed by atoms with Gasteiger partial charge in [-0.05, 0) is 44.8 Å². The molecule has 1 aromatic carbocycles. The van der Waals surface area contributed by atoms with Crippen molar-refractivity contribution in [3.63, 3.8) is 0 Å². The predicted octanol–water partition coefficient (Wildman–Crippen LogP) is 3.56. The van der Waals surface area contributed by atoms with Crippen molar-refractivity contribution in [1.29, 1.82) is 5.41 Å². The van der Waals surface area contributed by atoms with Gasteiger partial charge >= 0.3 is 0 Å². The van der Waals surface area contributed by atoms with Crippen molar-refractivity contribution in [2.45, 2.75) is 37.7 Å². The van der Waals surface area contributed by atoms with Gasteiger partial charge in [-0.15, -0.1) is 0 Å². The quantitative estimate of drug-likeness (QED) is 0.497. The number of piperidine rings is 1. The highest BCUT2D eigenvalue weighted by Gasteiger charge is 2.59. The highest BCUT2D eigenvalue weighted by molar-refractivity contribution is 7.85. The fourth-order valence-electron chi connectivity index (χ4n) is 4.23. The summed E-state index contributed by atoms with van der Waals surface area (Å²) >= 11 is 0. The Kier molecular flexibility index (Phi) is 8.89.